The van der Waals surface area contributed by atoms with Gasteiger partial charge in [0.1, 0.15) is 0 Å². The smallest absolute Gasteiger partial charge is 0.220 e. The number of carbonyl (C=O) groups excluding carboxylic acids is 1. The van der Waals surface area contributed by atoms with E-state index >= 15 is 0 Å². The van der Waals surface area contributed by atoms with E-state index in [2.05, 4.69) is 36.5 Å². The molecule has 1 heterocycles. The third kappa shape index (κ3) is 1.89. The summed E-state index contributed by atoms with van der Waals surface area (Å²) in [6, 6.07) is 10.5. The second kappa shape index (κ2) is 4.05. The highest BCUT2D eigenvalue weighted by atomic mass is 16.1. The van der Waals surface area contributed by atoms with Crippen LogP contribution in [0, 0.1) is 0 Å². The van der Waals surface area contributed by atoms with Crippen molar-refractivity contribution in [3.63, 3.8) is 0 Å². The lowest BCUT2D eigenvalue weighted by molar-refractivity contribution is -0.123. The van der Waals surface area contributed by atoms with E-state index in [1.807, 2.05) is 6.07 Å². The van der Waals surface area contributed by atoms with E-state index < -0.39 is 0 Å². The van der Waals surface area contributed by atoms with Gasteiger partial charge in [-0.1, -0.05) is 37.3 Å². The molecule has 2 rings (SSSR count). The van der Waals surface area contributed by atoms with E-state index in [0.29, 0.717) is 6.42 Å². The maximum absolute atomic E-state index is 11.2. The Hall–Kier alpha value is -1.31. The van der Waals surface area contributed by atoms with Crippen LogP contribution in [0.1, 0.15) is 31.7 Å². The van der Waals surface area contributed by atoms with Crippen molar-refractivity contribution in [2.75, 3.05) is 6.54 Å². The molecule has 1 aliphatic rings. The quantitative estimate of drug-likeness (QED) is 0.784. The Morgan fingerprint density at radius 1 is 1.33 bits per heavy atom. The highest BCUT2D eigenvalue weighted by Crippen LogP contribution is 2.34. The van der Waals surface area contributed by atoms with Crippen LogP contribution >= 0.6 is 0 Å². The van der Waals surface area contributed by atoms with Gasteiger partial charge in [0, 0.05) is 18.4 Å². The SMILES string of the molecule is CCC1(c2ccccc2)CCC(=O)NC1. The molecule has 15 heavy (non-hydrogen) atoms. The largest absolute Gasteiger partial charge is 0.355 e. The Morgan fingerprint density at radius 3 is 2.60 bits per heavy atom. The first-order valence-electron chi connectivity index (χ1n) is 5.59. The standard InChI is InChI=1S/C13H17NO/c1-2-13(9-8-12(15)14-10-13)11-6-4-3-5-7-11/h3-7H,2,8-10H2,1H3,(H,14,15). The average molecular weight is 203 g/mol. The number of amides is 1. The molecule has 1 unspecified atom stereocenters. The molecule has 0 aromatic heterocycles. The van der Waals surface area contributed by atoms with Gasteiger partial charge < -0.3 is 5.32 Å². The first-order chi connectivity index (χ1) is 7.27. The lowest BCUT2D eigenvalue weighted by atomic mass is 9.73. The van der Waals surface area contributed by atoms with Crippen LogP contribution in [0.4, 0.5) is 0 Å². The van der Waals surface area contributed by atoms with E-state index in [1.165, 1.54) is 5.56 Å². The molecule has 80 valence electrons. The zero-order chi connectivity index (χ0) is 10.7. The van der Waals surface area contributed by atoms with E-state index in [0.717, 1.165) is 19.4 Å². The molecule has 0 aliphatic carbocycles. The number of hydrogen-bond donors (Lipinski definition) is 1. The van der Waals surface area contributed by atoms with Crippen molar-refractivity contribution in [1.82, 2.24) is 5.32 Å². The monoisotopic (exact) mass is 203 g/mol. The predicted octanol–water partition coefficient (Wildman–Crippen LogP) is 2.24. The summed E-state index contributed by atoms with van der Waals surface area (Å²) in [6.07, 6.45) is 2.71. The van der Waals surface area contributed by atoms with Crippen LogP contribution in [0.25, 0.3) is 0 Å². The van der Waals surface area contributed by atoms with E-state index in [4.69, 9.17) is 0 Å². The second-order valence-electron chi connectivity index (χ2n) is 4.28. The number of rotatable bonds is 2. The van der Waals surface area contributed by atoms with Gasteiger partial charge >= 0.3 is 0 Å². The Morgan fingerprint density at radius 2 is 2.07 bits per heavy atom. The minimum atomic E-state index is 0.162. The molecule has 1 saturated heterocycles. The summed E-state index contributed by atoms with van der Waals surface area (Å²) in [7, 11) is 0. The Bertz CT molecular complexity index is 335. The molecule has 0 spiro atoms. The van der Waals surface area contributed by atoms with Gasteiger partial charge in [-0.3, -0.25) is 4.79 Å². The van der Waals surface area contributed by atoms with E-state index in [1.54, 1.807) is 0 Å². The fourth-order valence-corrected chi connectivity index (χ4v) is 2.34. The van der Waals surface area contributed by atoms with Crippen molar-refractivity contribution < 1.29 is 4.79 Å². The first kappa shape index (κ1) is 10.2. The van der Waals surface area contributed by atoms with Crippen molar-refractivity contribution in [3.8, 4) is 0 Å². The summed E-state index contributed by atoms with van der Waals surface area (Å²) in [4.78, 5) is 11.2. The normalized spacial score (nSPS) is 26.1. The van der Waals surface area contributed by atoms with Crippen molar-refractivity contribution in [2.24, 2.45) is 0 Å². The number of hydrogen-bond acceptors (Lipinski definition) is 1. The maximum Gasteiger partial charge on any atom is 0.220 e. The van der Waals surface area contributed by atoms with Crippen molar-refractivity contribution >= 4 is 5.91 Å². The average Bonchev–Trinajstić information content (AvgIpc) is 2.32. The van der Waals surface area contributed by atoms with Gasteiger partial charge in [0.15, 0.2) is 0 Å². The van der Waals surface area contributed by atoms with Crippen molar-refractivity contribution in [3.05, 3.63) is 35.9 Å². The lowest BCUT2D eigenvalue weighted by Crippen LogP contribution is -2.45. The molecule has 1 atom stereocenters. The van der Waals surface area contributed by atoms with Crippen LogP contribution in [0.5, 0.6) is 0 Å². The van der Waals surface area contributed by atoms with Crippen LogP contribution in [0.3, 0.4) is 0 Å². The number of carbonyl (C=O) groups is 1. The Kier molecular flexibility index (Phi) is 2.76. The van der Waals surface area contributed by atoms with Gasteiger partial charge in [-0.2, -0.15) is 0 Å². The minimum Gasteiger partial charge on any atom is -0.355 e. The zero-order valence-electron chi connectivity index (χ0n) is 9.12. The van der Waals surface area contributed by atoms with Crippen molar-refractivity contribution in [1.29, 1.82) is 0 Å². The number of piperidine rings is 1. The Labute approximate surface area is 90.7 Å². The summed E-state index contributed by atoms with van der Waals surface area (Å²) in [5, 5.41) is 2.98. The summed E-state index contributed by atoms with van der Waals surface area (Å²) in [5.41, 5.74) is 1.52. The molecule has 0 radical (unpaired) electrons. The molecule has 0 bridgehead atoms. The third-order valence-corrected chi connectivity index (χ3v) is 3.52. The van der Waals surface area contributed by atoms with Crippen LogP contribution in [-0.2, 0) is 10.2 Å². The van der Waals surface area contributed by atoms with E-state index in [-0.39, 0.29) is 11.3 Å². The van der Waals surface area contributed by atoms with Crippen molar-refractivity contribution in [2.45, 2.75) is 31.6 Å². The summed E-state index contributed by atoms with van der Waals surface area (Å²) in [5.74, 6) is 0.190. The topological polar surface area (TPSA) is 29.1 Å². The molecular formula is C13H17NO. The van der Waals surface area contributed by atoms with E-state index in [9.17, 15) is 4.79 Å². The number of benzene rings is 1. The van der Waals surface area contributed by atoms with Gasteiger partial charge in [-0.15, -0.1) is 0 Å². The summed E-state index contributed by atoms with van der Waals surface area (Å²) in [6.45, 7) is 2.98. The zero-order valence-corrected chi connectivity index (χ0v) is 9.12. The van der Waals surface area contributed by atoms with Crippen LogP contribution in [-0.4, -0.2) is 12.5 Å². The highest BCUT2D eigenvalue weighted by Gasteiger charge is 2.34. The molecule has 1 amide bonds. The third-order valence-electron chi connectivity index (χ3n) is 3.52. The van der Waals surface area contributed by atoms with Crippen LogP contribution < -0.4 is 5.32 Å². The fourth-order valence-electron chi connectivity index (χ4n) is 2.34. The van der Waals surface area contributed by atoms with Gasteiger partial charge in [-0.25, -0.2) is 0 Å². The highest BCUT2D eigenvalue weighted by molar-refractivity contribution is 5.77. The summed E-state index contributed by atoms with van der Waals surface area (Å²) < 4.78 is 0. The minimum absolute atomic E-state index is 0.162. The number of nitrogens with one attached hydrogen (secondary N) is 1. The fraction of sp³-hybridized carbons (Fsp3) is 0.462. The second-order valence-corrected chi connectivity index (χ2v) is 4.28. The van der Waals surface area contributed by atoms with Crippen LogP contribution in [0.2, 0.25) is 0 Å². The molecule has 1 aliphatic heterocycles. The lowest BCUT2D eigenvalue weighted by Gasteiger charge is -2.37. The van der Waals surface area contributed by atoms with Gasteiger partial charge in [-0.05, 0) is 18.4 Å². The molecule has 2 heteroatoms. The first-order valence-corrected chi connectivity index (χ1v) is 5.59. The van der Waals surface area contributed by atoms with Gasteiger partial charge in [0.05, 0.1) is 0 Å². The molecule has 1 aromatic rings. The predicted molar refractivity (Wildman–Crippen MR) is 60.7 cm³/mol. The molecular weight excluding hydrogens is 186 g/mol. The maximum atomic E-state index is 11.2. The molecule has 2 nitrogen and oxygen atoms in total. The molecule has 1 N–H and O–H groups in total. The molecule has 1 aromatic carbocycles. The van der Waals surface area contributed by atoms with Crippen LogP contribution in [0.15, 0.2) is 30.3 Å². The Balaban J connectivity index is 2.26. The summed E-state index contributed by atoms with van der Waals surface area (Å²) >= 11 is 0. The molecule has 1 fully saturated rings. The van der Waals surface area contributed by atoms with Gasteiger partial charge in [0.25, 0.3) is 0 Å². The van der Waals surface area contributed by atoms with Gasteiger partial charge in [0.2, 0.25) is 5.91 Å². The molecule has 0 saturated carbocycles.